The van der Waals surface area contributed by atoms with E-state index in [4.69, 9.17) is 0 Å². The molecule has 2 saturated heterocycles. The quantitative estimate of drug-likeness (QED) is 0.686. The molecule has 0 aromatic rings. The topological polar surface area (TPSA) is 49.4 Å². The Morgan fingerprint density at radius 3 is 2.67 bits per heavy atom. The molecule has 2 amide bonds. The van der Waals surface area contributed by atoms with Crippen molar-refractivity contribution in [2.45, 2.75) is 32.1 Å². The zero-order valence-electron chi connectivity index (χ0n) is 9.00. The molecular formula is C11H18N2O2. The Kier molecular flexibility index (Phi) is 3.23. The van der Waals surface area contributed by atoms with Crippen molar-refractivity contribution in [3.63, 3.8) is 0 Å². The molecule has 1 N–H and O–H groups in total. The number of piperidine rings is 2. The lowest BCUT2D eigenvalue weighted by Gasteiger charge is -2.31. The normalized spacial score (nSPS) is 27.3. The fraction of sp³-hybridized carbons (Fsp3) is 0.818. The summed E-state index contributed by atoms with van der Waals surface area (Å²) in [7, 11) is 0. The molecule has 4 heteroatoms. The molecule has 2 fully saturated rings. The first-order valence-electron chi connectivity index (χ1n) is 5.83. The number of nitrogens with one attached hydrogen (secondary N) is 1. The average Bonchev–Trinajstić information content (AvgIpc) is 2.29. The highest BCUT2D eigenvalue weighted by Gasteiger charge is 2.29. The van der Waals surface area contributed by atoms with E-state index in [1.165, 1.54) is 6.42 Å². The first-order valence-corrected chi connectivity index (χ1v) is 5.83. The van der Waals surface area contributed by atoms with Crippen molar-refractivity contribution < 1.29 is 9.59 Å². The predicted molar refractivity (Wildman–Crippen MR) is 56.2 cm³/mol. The van der Waals surface area contributed by atoms with Gasteiger partial charge >= 0.3 is 0 Å². The third-order valence-corrected chi connectivity index (χ3v) is 3.26. The van der Waals surface area contributed by atoms with Crippen LogP contribution in [0.25, 0.3) is 0 Å². The Morgan fingerprint density at radius 2 is 2.00 bits per heavy atom. The first kappa shape index (κ1) is 10.5. The SMILES string of the molecule is O=C1CC(C(=O)N2CCCCC2)CCN1. The second-order valence-corrected chi connectivity index (χ2v) is 4.43. The molecule has 2 rings (SSSR count). The minimum absolute atomic E-state index is 0.0246. The Labute approximate surface area is 90.0 Å². The van der Waals surface area contributed by atoms with Crippen molar-refractivity contribution in [1.82, 2.24) is 10.2 Å². The van der Waals surface area contributed by atoms with Crippen LogP contribution in [-0.4, -0.2) is 36.3 Å². The van der Waals surface area contributed by atoms with E-state index in [2.05, 4.69) is 5.32 Å². The smallest absolute Gasteiger partial charge is 0.226 e. The van der Waals surface area contributed by atoms with Gasteiger partial charge in [-0.05, 0) is 25.7 Å². The second kappa shape index (κ2) is 4.64. The molecule has 4 nitrogen and oxygen atoms in total. The molecule has 1 atom stereocenters. The molecule has 15 heavy (non-hydrogen) atoms. The maximum absolute atomic E-state index is 12.0. The number of amides is 2. The molecule has 1 unspecified atom stereocenters. The minimum Gasteiger partial charge on any atom is -0.356 e. The van der Waals surface area contributed by atoms with E-state index in [9.17, 15) is 9.59 Å². The van der Waals surface area contributed by atoms with Crippen LogP contribution in [0.4, 0.5) is 0 Å². The summed E-state index contributed by atoms with van der Waals surface area (Å²) in [5, 5.41) is 2.76. The summed E-state index contributed by atoms with van der Waals surface area (Å²) in [5.74, 6) is 0.165. The zero-order valence-corrected chi connectivity index (χ0v) is 9.00. The van der Waals surface area contributed by atoms with Crippen molar-refractivity contribution in [1.29, 1.82) is 0 Å². The highest BCUT2D eigenvalue weighted by molar-refractivity contribution is 5.86. The summed E-state index contributed by atoms with van der Waals surface area (Å²) in [4.78, 5) is 25.2. The van der Waals surface area contributed by atoms with Gasteiger partial charge in [-0.3, -0.25) is 9.59 Å². The standard InChI is InChI=1S/C11H18N2O2/c14-10-8-9(4-5-12-10)11(15)13-6-2-1-3-7-13/h9H,1-8H2,(H,12,14). The van der Waals surface area contributed by atoms with Crippen LogP contribution in [0, 0.1) is 5.92 Å². The summed E-state index contributed by atoms with van der Waals surface area (Å²) in [6.07, 6.45) is 4.65. The number of carbonyl (C=O) groups is 2. The highest BCUT2D eigenvalue weighted by Crippen LogP contribution is 2.18. The van der Waals surface area contributed by atoms with E-state index in [-0.39, 0.29) is 17.7 Å². The molecule has 0 spiro atoms. The van der Waals surface area contributed by atoms with Crippen molar-refractivity contribution in [3.8, 4) is 0 Å². The van der Waals surface area contributed by atoms with E-state index < -0.39 is 0 Å². The van der Waals surface area contributed by atoms with Crippen LogP contribution < -0.4 is 5.32 Å². The number of likely N-dealkylation sites (tertiary alicyclic amines) is 1. The summed E-state index contributed by atoms with van der Waals surface area (Å²) in [5.41, 5.74) is 0. The lowest BCUT2D eigenvalue weighted by Crippen LogP contribution is -2.44. The summed E-state index contributed by atoms with van der Waals surface area (Å²) in [6, 6.07) is 0. The fourth-order valence-electron chi connectivity index (χ4n) is 2.37. The van der Waals surface area contributed by atoms with E-state index in [0.29, 0.717) is 13.0 Å². The monoisotopic (exact) mass is 210 g/mol. The maximum atomic E-state index is 12.0. The number of rotatable bonds is 1. The Hall–Kier alpha value is -1.06. The van der Waals surface area contributed by atoms with Crippen LogP contribution in [0.1, 0.15) is 32.1 Å². The van der Waals surface area contributed by atoms with Gasteiger partial charge in [0.05, 0.1) is 0 Å². The molecule has 0 aromatic heterocycles. The fourth-order valence-corrected chi connectivity index (χ4v) is 2.37. The van der Waals surface area contributed by atoms with Crippen molar-refractivity contribution in [2.24, 2.45) is 5.92 Å². The predicted octanol–water partition coefficient (Wildman–Crippen LogP) is 0.525. The molecule has 2 heterocycles. The number of hydrogen-bond acceptors (Lipinski definition) is 2. The van der Waals surface area contributed by atoms with E-state index >= 15 is 0 Å². The van der Waals surface area contributed by atoms with Crippen molar-refractivity contribution >= 4 is 11.8 Å². The van der Waals surface area contributed by atoms with Gasteiger partial charge in [0.1, 0.15) is 0 Å². The van der Waals surface area contributed by atoms with Gasteiger partial charge in [-0.25, -0.2) is 0 Å². The summed E-state index contributed by atoms with van der Waals surface area (Å²) in [6.45, 7) is 2.43. The number of hydrogen-bond donors (Lipinski definition) is 1. The lowest BCUT2D eigenvalue weighted by atomic mass is 9.95. The molecule has 84 valence electrons. The van der Waals surface area contributed by atoms with Gasteiger partial charge in [0.25, 0.3) is 0 Å². The first-order chi connectivity index (χ1) is 7.27. The lowest BCUT2D eigenvalue weighted by molar-refractivity contribution is -0.140. The number of nitrogens with zero attached hydrogens (tertiary/aromatic N) is 1. The molecule has 0 aromatic carbocycles. The largest absolute Gasteiger partial charge is 0.356 e. The Balaban J connectivity index is 1.90. The van der Waals surface area contributed by atoms with E-state index in [1.54, 1.807) is 0 Å². The van der Waals surface area contributed by atoms with Gasteiger partial charge in [0.2, 0.25) is 11.8 Å². The average molecular weight is 210 g/mol. The van der Waals surface area contributed by atoms with E-state index in [0.717, 1.165) is 32.4 Å². The van der Waals surface area contributed by atoms with Gasteiger partial charge in [-0.1, -0.05) is 0 Å². The van der Waals surface area contributed by atoms with Crippen LogP contribution in [0.15, 0.2) is 0 Å². The summed E-state index contributed by atoms with van der Waals surface area (Å²) < 4.78 is 0. The van der Waals surface area contributed by atoms with Gasteiger partial charge in [0.15, 0.2) is 0 Å². The number of carbonyl (C=O) groups excluding carboxylic acids is 2. The van der Waals surface area contributed by atoms with Gasteiger partial charge < -0.3 is 10.2 Å². The molecule has 2 aliphatic rings. The van der Waals surface area contributed by atoms with Crippen LogP contribution in [-0.2, 0) is 9.59 Å². The van der Waals surface area contributed by atoms with Crippen LogP contribution in [0.2, 0.25) is 0 Å². The van der Waals surface area contributed by atoms with Crippen LogP contribution >= 0.6 is 0 Å². The second-order valence-electron chi connectivity index (χ2n) is 4.43. The van der Waals surface area contributed by atoms with Crippen molar-refractivity contribution in [3.05, 3.63) is 0 Å². The third-order valence-electron chi connectivity index (χ3n) is 3.26. The Bertz CT molecular complexity index is 259. The molecular weight excluding hydrogens is 192 g/mol. The third kappa shape index (κ3) is 2.49. The zero-order chi connectivity index (χ0) is 10.7. The summed E-state index contributed by atoms with van der Waals surface area (Å²) >= 11 is 0. The molecule has 0 saturated carbocycles. The molecule has 0 radical (unpaired) electrons. The minimum atomic E-state index is -0.0585. The maximum Gasteiger partial charge on any atom is 0.226 e. The van der Waals surface area contributed by atoms with Gasteiger partial charge in [-0.15, -0.1) is 0 Å². The molecule has 2 aliphatic heterocycles. The van der Waals surface area contributed by atoms with Crippen LogP contribution in [0.5, 0.6) is 0 Å². The van der Waals surface area contributed by atoms with E-state index in [1.807, 2.05) is 4.90 Å². The molecule has 0 aliphatic carbocycles. The van der Waals surface area contributed by atoms with Gasteiger partial charge in [0, 0.05) is 32.0 Å². The Morgan fingerprint density at radius 1 is 1.27 bits per heavy atom. The highest BCUT2D eigenvalue weighted by atomic mass is 16.2. The van der Waals surface area contributed by atoms with Gasteiger partial charge in [-0.2, -0.15) is 0 Å². The van der Waals surface area contributed by atoms with Crippen molar-refractivity contribution in [2.75, 3.05) is 19.6 Å². The van der Waals surface area contributed by atoms with Crippen LogP contribution in [0.3, 0.4) is 0 Å². The molecule has 0 bridgehead atoms.